The Bertz CT molecular complexity index is 359. The van der Waals surface area contributed by atoms with Crippen LogP contribution < -0.4 is 5.32 Å². The van der Waals surface area contributed by atoms with Crippen LogP contribution in [0, 0.1) is 5.82 Å². The lowest BCUT2D eigenvalue weighted by atomic mass is 10.0. The van der Waals surface area contributed by atoms with Gasteiger partial charge < -0.3 is 10.1 Å². The number of ether oxygens (including phenoxy) is 1. The Labute approximate surface area is 107 Å². The van der Waals surface area contributed by atoms with E-state index in [1.54, 1.807) is 6.07 Å². The van der Waals surface area contributed by atoms with Gasteiger partial charge in [0.15, 0.2) is 0 Å². The summed E-state index contributed by atoms with van der Waals surface area (Å²) in [6.07, 6.45) is 0.801. The summed E-state index contributed by atoms with van der Waals surface area (Å²) in [7, 11) is 1.88. The Balaban J connectivity index is 2.70. The van der Waals surface area contributed by atoms with E-state index in [0.717, 1.165) is 5.56 Å². The van der Waals surface area contributed by atoms with Gasteiger partial charge in [0.05, 0.1) is 11.1 Å². The maximum atomic E-state index is 13.3. The van der Waals surface area contributed by atoms with E-state index >= 15 is 0 Å². The van der Waals surface area contributed by atoms with Crippen molar-refractivity contribution in [1.82, 2.24) is 5.32 Å². The van der Waals surface area contributed by atoms with Crippen molar-refractivity contribution in [2.45, 2.75) is 32.4 Å². The van der Waals surface area contributed by atoms with Gasteiger partial charge in [-0.1, -0.05) is 17.7 Å². The molecule has 1 N–H and O–H groups in total. The first kappa shape index (κ1) is 14.4. The lowest BCUT2D eigenvalue weighted by molar-refractivity contribution is 0.0496. The number of benzene rings is 1. The minimum absolute atomic E-state index is 0.0868. The average Bonchev–Trinajstić information content (AvgIpc) is 2.30. The summed E-state index contributed by atoms with van der Waals surface area (Å²) in [5, 5.41) is 3.35. The lowest BCUT2D eigenvalue weighted by Crippen LogP contribution is -2.39. The molecular weight excluding hydrogens is 241 g/mol. The molecule has 17 heavy (non-hydrogen) atoms. The van der Waals surface area contributed by atoms with Gasteiger partial charge in [0.1, 0.15) is 5.82 Å². The van der Waals surface area contributed by atoms with E-state index in [-0.39, 0.29) is 23.0 Å². The van der Waals surface area contributed by atoms with E-state index in [1.165, 1.54) is 6.07 Å². The number of likely N-dealkylation sites (N-methyl/N-ethyl adjacent to an activating group) is 1. The van der Waals surface area contributed by atoms with Gasteiger partial charge in [0.2, 0.25) is 0 Å². The Morgan fingerprint density at radius 2 is 2.18 bits per heavy atom. The van der Waals surface area contributed by atoms with Crippen LogP contribution in [0.5, 0.6) is 0 Å². The minimum Gasteiger partial charge on any atom is -0.377 e. The average molecular weight is 260 g/mol. The molecule has 2 nitrogen and oxygen atoms in total. The first-order valence-corrected chi connectivity index (χ1v) is 6.19. The van der Waals surface area contributed by atoms with Crippen molar-refractivity contribution >= 4 is 11.6 Å². The van der Waals surface area contributed by atoms with Gasteiger partial charge >= 0.3 is 0 Å². The van der Waals surface area contributed by atoms with E-state index in [0.29, 0.717) is 13.0 Å². The van der Waals surface area contributed by atoms with Crippen LogP contribution in [0.3, 0.4) is 0 Å². The van der Waals surface area contributed by atoms with Gasteiger partial charge in [-0.05, 0) is 45.0 Å². The van der Waals surface area contributed by atoms with Crippen LogP contribution in [0.25, 0.3) is 0 Å². The molecule has 1 aromatic carbocycles. The molecule has 1 rings (SSSR count). The summed E-state index contributed by atoms with van der Waals surface area (Å²) < 4.78 is 18.8. The Morgan fingerprint density at radius 1 is 1.47 bits per heavy atom. The molecule has 0 aliphatic carbocycles. The predicted molar refractivity (Wildman–Crippen MR) is 69.0 cm³/mol. The molecule has 2 atom stereocenters. The Morgan fingerprint density at radius 3 is 2.71 bits per heavy atom. The first-order chi connectivity index (χ1) is 8.08. The minimum atomic E-state index is -0.372. The molecule has 0 heterocycles. The molecule has 0 bridgehead atoms. The van der Waals surface area contributed by atoms with Gasteiger partial charge in [0.25, 0.3) is 0 Å². The normalized spacial score (nSPS) is 14.6. The SMILES string of the molecule is CCOC(C)C(Cc1ccc(Cl)c(F)c1)NC. The van der Waals surface area contributed by atoms with Gasteiger partial charge in [0, 0.05) is 12.6 Å². The van der Waals surface area contributed by atoms with Gasteiger partial charge in [-0.15, -0.1) is 0 Å². The van der Waals surface area contributed by atoms with Gasteiger partial charge in [-0.25, -0.2) is 4.39 Å². The maximum Gasteiger partial charge on any atom is 0.142 e. The van der Waals surface area contributed by atoms with E-state index in [4.69, 9.17) is 16.3 Å². The third kappa shape index (κ3) is 4.26. The summed E-state index contributed by atoms with van der Waals surface area (Å²) in [5.74, 6) is -0.372. The molecule has 0 aromatic heterocycles. The molecule has 0 radical (unpaired) electrons. The molecule has 2 unspecified atom stereocenters. The Kier molecular flexibility index (Phi) is 5.89. The standard InChI is InChI=1S/C13H19ClFNO/c1-4-17-9(2)13(16-3)8-10-5-6-11(14)12(15)7-10/h5-7,9,13,16H,4,8H2,1-3H3. The monoisotopic (exact) mass is 259 g/mol. The molecule has 0 fully saturated rings. The summed E-state index contributed by atoms with van der Waals surface area (Å²) >= 11 is 5.65. The molecule has 0 aliphatic heterocycles. The molecule has 1 aromatic rings. The van der Waals surface area contributed by atoms with Crippen LogP contribution in [-0.2, 0) is 11.2 Å². The second-order valence-electron chi connectivity index (χ2n) is 4.01. The maximum absolute atomic E-state index is 13.3. The zero-order valence-corrected chi connectivity index (χ0v) is 11.2. The van der Waals surface area contributed by atoms with Crippen molar-refractivity contribution in [1.29, 1.82) is 0 Å². The highest BCUT2D eigenvalue weighted by atomic mass is 35.5. The Hall–Kier alpha value is -0.640. The van der Waals surface area contributed by atoms with Crippen molar-refractivity contribution in [2.24, 2.45) is 0 Å². The highest BCUT2D eigenvalue weighted by Crippen LogP contribution is 2.17. The van der Waals surface area contributed by atoms with Crippen LogP contribution in [-0.4, -0.2) is 25.8 Å². The van der Waals surface area contributed by atoms with Gasteiger partial charge in [-0.3, -0.25) is 0 Å². The number of rotatable bonds is 6. The van der Waals surface area contributed by atoms with Crippen LogP contribution in [0.15, 0.2) is 18.2 Å². The second kappa shape index (κ2) is 6.94. The summed E-state index contributed by atoms with van der Waals surface area (Å²) in [5.41, 5.74) is 0.915. The van der Waals surface area contributed by atoms with E-state index in [1.807, 2.05) is 27.0 Å². The fraction of sp³-hybridized carbons (Fsp3) is 0.538. The van der Waals surface area contributed by atoms with E-state index < -0.39 is 0 Å². The molecule has 0 spiro atoms. The molecule has 96 valence electrons. The topological polar surface area (TPSA) is 21.3 Å². The fourth-order valence-electron chi connectivity index (χ4n) is 1.80. The number of halogens is 2. The van der Waals surface area contributed by atoms with E-state index in [2.05, 4.69) is 5.32 Å². The van der Waals surface area contributed by atoms with Crippen LogP contribution >= 0.6 is 11.6 Å². The third-order valence-corrected chi connectivity index (χ3v) is 3.11. The van der Waals surface area contributed by atoms with Gasteiger partial charge in [-0.2, -0.15) is 0 Å². The second-order valence-corrected chi connectivity index (χ2v) is 4.42. The predicted octanol–water partition coefficient (Wildman–Crippen LogP) is 3.03. The van der Waals surface area contributed by atoms with Crippen molar-refractivity contribution in [3.8, 4) is 0 Å². The zero-order valence-electron chi connectivity index (χ0n) is 10.5. The number of hydrogen-bond donors (Lipinski definition) is 1. The molecular formula is C13H19ClFNO. The molecule has 0 aliphatic rings. The van der Waals surface area contributed by atoms with E-state index in [9.17, 15) is 4.39 Å². The van der Waals surface area contributed by atoms with Crippen molar-refractivity contribution in [2.75, 3.05) is 13.7 Å². The highest BCUT2D eigenvalue weighted by Gasteiger charge is 2.16. The fourth-order valence-corrected chi connectivity index (χ4v) is 1.92. The largest absolute Gasteiger partial charge is 0.377 e. The smallest absolute Gasteiger partial charge is 0.142 e. The van der Waals surface area contributed by atoms with Crippen molar-refractivity contribution in [3.63, 3.8) is 0 Å². The van der Waals surface area contributed by atoms with Crippen LogP contribution in [0.1, 0.15) is 19.4 Å². The molecule has 0 saturated heterocycles. The quantitative estimate of drug-likeness (QED) is 0.848. The molecule has 4 heteroatoms. The third-order valence-electron chi connectivity index (χ3n) is 2.81. The molecule has 0 saturated carbocycles. The summed E-state index contributed by atoms with van der Waals surface area (Å²) in [6.45, 7) is 4.65. The molecule has 0 amide bonds. The summed E-state index contributed by atoms with van der Waals surface area (Å²) in [6, 6.07) is 5.07. The number of nitrogens with one attached hydrogen (secondary N) is 1. The van der Waals surface area contributed by atoms with Crippen LogP contribution in [0.4, 0.5) is 4.39 Å². The van der Waals surface area contributed by atoms with Crippen LogP contribution in [0.2, 0.25) is 5.02 Å². The highest BCUT2D eigenvalue weighted by molar-refractivity contribution is 6.30. The number of hydrogen-bond acceptors (Lipinski definition) is 2. The van der Waals surface area contributed by atoms with Crippen molar-refractivity contribution < 1.29 is 9.13 Å². The van der Waals surface area contributed by atoms with Crippen molar-refractivity contribution in [3.05, 3.63) is 34.6 Å². The summed E-state index contributed by atoms with van der Waals surface area (Å²) in [4.78, 5) is 0. The zero-order chi connectivity index (χ0) is 12.8. The first-order valence-electron chi connectivity index (χ1n) is 5.81. The lowest BCUT2D eigenvalue weighted by Gasteiger charge is -2.23.